The van der Waals surface area contributed by atoms with Crippen molar-refractivity contribution >= 4 is 35.1 Å². The second kappa shape index (κ2) is 8.41. The molecule has 25 heavy (non-hydrogen) atoms. The lowest BCUT2D eigenvalue weighted by Crippen LogP contribution is -2.44. The zero-order valence-corrected chi connectivity index (χ0v) is 16.5. The minimum absolute atomic E-state index is 0.104. The molecule has 2 rings (SSSR count). The summed E-state index contributed by atoms with van der Waals surface area (Å²) < 4.78 is 5.52. The van der Waals surface area contributed by atoms with Crippen LogP contribution in [0, 0.1) is 0 Å². The van der Waals surface area contributed by atoms with Crippen molar-refractivity contribution < 1.29 is 14.3 Å². The number of halogens is 2. The van der Waals surface area contributed by atoms with Gasteiger partial charge in [0, 0.05) is 29.6 Å². The molecule has 0 aliphatic carbocycles. The number of benzene rings is 1. The fourth-order valence-corrected chi connectivity index (χ4v) is 3.38. The van der Waals surface area contributed by atoms with Crippen LogP contribution in [-0.4, -0.2) is 35.0 Å². The van der Waals surface area contributed by atoms with Crippen LogP contribution in [0.15, 0.2) is 18.2 Å². The molecule has 1 atom stereocenters. The Morgan fingerprint density at radius 1 is 1.20 bits per heavy atom. The van der Waals surface area contributed by atoms with Gasteiger partial charge in [0.25, 0.3) is 0 Å². The van der Waals surface area contributed by atoms with Gasteiger partial charge in [0.15, 0.2) is 5.78 Å². The lowest BCUT2D eigenvalue weighted by atomic mass is 9.99. The van der Waals surface area contributed by atoms with Crippen LogP contribution in [-0.2, 0) is 4.74 Å². The maximum Gasteiger partial charge on any atom is 0.410 e. The van der Waals surface area contributed by atoms with Crippen LogP contribution in [0.2, 0.25) is 10.0 Å². The number of ether oxygens (including phenoxy) is 1. The van der Waals surface area contributed by atoms with E-state index in [1.165, 1.54) is 0 Å². The molecule has 1 amide bonds. The number of ketones is 1. The van der Waals surface area contributed by atoms with Crippen molar-refractivity contribution in [1.29, 1.82) is 0 Å². The summed E-state index contributed by atoms with van der Waals surface area (Å²) in [4.78, 5) is 27.0. The molecule has 1 fully saturated rings. The summed E-state index contributed by atoms with van der Waals surface area (Å²) in [7, 11) is 0. The van der Waals surface area contributed by atoms with Crippen molar-refractivity contribution in [3.05, 3.63) is 33.8 Å². The third kappa shape index (κ3) is 5.89. The van der Waals surface area contributed by atoms with E-state index in [-0.39, 0.29) is 24.3 Å². The highest BCUT2D eigenvalue weighted by Crippen LogP contribution is 2.26. The second-order valence-corrected chi connectivity index (χ2v) is 8.27. The first-order valence-electron chi connectivity index (χ1n) is 8.65. The summed E-state index contributed by atoms with van der Waals surface area (Å²) in [5.74, 6) is -0.104. The van der Waals surface area contributed by atoms with E-state index in [0.29, 0.717) is 22.2 Å². The van der Waals surface area contributed by atoms with Gasteiger partial charge >= 0.3 is 6.09 Å². The fraction of sp³-hybridized carbons (Fsp3) is 0.579. The molecule has 0 spiro atoms. The molecule has 1 aliphatic heterocycles. The standard InChI is InChI=1S/C19H25Cl2NO3/c1-19(2,3)25-18(24)22-10-6-4-5-7-14(22)12-17(23)15-11-13(20)8-9-16(15)21/h8-9,11,14H,4-7,10,12H2,1-3H3. The molecule has 0 bridgehead atoms. The molecule has 1 saturated heterocycles. The molecule has 0 N–H and O–H groups in total. The Morgan fingerprint density at radius 3 is 2.60 bits per heavy atom. The molecule has 138 valence electrons. The first-order chi connectivity index (χ1) is 11.7. The van der Waals surface area contributed by atoms with E-state index in [9.17, 15) is 9.59 Å². The largest absolute Gasteiger partial charge is 0.444 e. The van der Waals surface area contributed by atoms with Gasteiger partial charge in [-0.1, -0.05) is 36.0 Å². The van der Waals surface area contributed by atoms with Gasteiger partial charge in [-0.3, -0.25) is 4.79 Å². The van der Waals surface area contributed by atoms with Crippen LogP contribution in [0.4, 0.5) is 4.79 Å². The van der Waals surface area contributed by atoms with E-state index >= 15 is 0 Å². The predicted octanol–water partition coefficient (Wildman–Crippen LogP) is 5.75. The van der Waals surface area contributed by atoms with Gasteiger partial charge in [0.2, 0.25) is 0 Å². The van der Waals surface area contributed by atoms with Crippen molar-refractivity contribution in [2.24, 2.45) is 0 Å². The van der Waals surface area contributed by atoms with Crippen molar-refractivity contribution in [3.8, 4) is 0 Å². The monoisotopic (exact) mass is 385 g/mol. The van der Waals surface area contributed by atoms with Crippen LogP contribution in [0.3, 0.4) is 0 Å². The Morgan fingerprint density at radius 2 is 1.92 bits per heavy atom. The number of amides is 1. The first kappa shape index (κ1) is 20.1. The minimum atomic E-state index is -0.561. The van der Waals surface area contributed by atoms with Crippen LogP contribution in [0.1, 0.15) is 63.2 Å². The van der Waals surface area contributed by atoms with E-state index in [0.717, 1.165) is 25.7 Å². The Hall–Kier alpha value is -1.26. The topological polar surface area (TPSA) is 46.6 Å². The number of hydrogen-bond donors (Lipinski definition) is 0. The number of carbonyl (C=O) groups is 2. The van der Waals surface area contributed by atoms with Crippen LogP contribution in [0.25, 0.3) is 0 Å². The van der Waals surface area contributed by atoms with E-state index in [1.54, 1.807) is 23.1 Å². The maximum absolute atomic E-state index is 12.7. The highest BCUT2D eigenvalue weighted by molar-refractivity contribution is 6.35. The molecular formula is C19H25Cl2NO3. The van der Waals surface area contributed by atoms with Crippen molar-refractivity contribution in [3.63, 3.8) is 0 Å². The zero-order valence-electron chi connectivity index (χ0n) is 15.0. The molecule has 0 radical (unpaired) electrons. The minimum Gasteiger partial charge on any atom is -0.444 e. The predicted molar refractivity (Wildman–Crippen MR) is 101 cm³/mol. The highest BCUT2D eigenvalue weighted by atomic mass is 35.5. The Labute approximate surface area is 159 Å². The van der Waals surface area contributed by atoms with Crippen LogP contribution >= 0.6 is 23.2 Å². The smallest absolute Gasteiger partial charge is 0.410 e. The molecular weight excluding hydrogens is 361 g/mol. The number of hydrogen-bond acceptors (Lipinski definition) is 3. The zero-order chi connectivity index (χ0) is 18.6. The van der Waals surface area contributed by atoms with E-state index < -0.39 is 5.60 Å². The Balaban J connectivity index is 2.16. The molecule has 1 unspecified atom stereocenters. The molecule has 1 aliphatic rings. The van der Waals surface area contributed by atoms with Crippen LogP contribution in [0.5, 0.6) is 0 Å². The van der Waals surface area contributed by atoms with Gasteiger partial charge in [-0.05, 0) is 51.8 Å². The maximum atomic E-state index is 12.7. The lowest BCUT2D eigenvalue weighted by Gasteiger charge is -2.32. The van der Waals surface area contributed by atoms with E-state index in [2.05, 4.69) is 0 Å². The van der Waals surface area contributed by atoms with Gasteiger partial charge in [0.1, 0.15) is 5.60 Å². The third-order valence-electron chi connectivity index (χ3n) is 4.15. The van der Waals surface area contributed by atoms with Gasteiger partial charge < -0.3 is 9.64 Å². The molecule has 0 aromatic heterocycles. The average Bonchev–Trinajstić information content (AvgIpc) is 2.73. The summed E-state index contributed by atoms with van der Waals surface area (Å²) >= 11 is 12.1. The van der Waals surface area contributed by atoms with Gasteiger partial charge in [0.05, 0.1) is 5.02 Å². The highest BCUT2D eigenvalue weighted by Gasteiger charge is 2.31. The van der Waals surface area contributed by atoms with Crippen molar-refractivity contribution in [2.75, 3.05) is 6.54 Å². The molecule has 6 heteroatoms. The summed E-state index contributed by atoms with van der Waals surface area (Å²) in [5, 5.41) is 0.851. The van der Waals surface area contributed by atoms with E-state index in [1.807, 2.05) is 20.8 Å². The van der Waals surface area contributed by atoms with Gasteiger partial charge in [-0.2, -0.15) is 0 Å². The Bertz CT molecular complexity index is 640. The first-order valence-corrected chi connectivity index (χ1v) is 9.41. The SMILES string of the molecule is CC(C)(C)OC(=O)N1CCCCCC1CC(=O)c1cc(Cl)ccc1Cl. The molecule has 1 heterocycles. The van der Waals surface area contributed by atoms with Crippen LogP contribution < -0.4 is 0 Å². The average molecular weight is 386 g/mol. The summed E-state index contributed by atoms with van der Waals surface area (Å²) in [5.41, 5.74) is -0.156. The molecule has 1 aromatic carbocycles. The second-order valence-electron chi connectivity index (χ2n) is 7.43. The number of likely N-dealkylation sites (tertiary alicyclic amines) is 1. The molecule has 4 nitrogen and oxygen atoms in total. The number of nitrogens with zero attached hydrogens (tertiary/aromatic N) is 1. The summed E-state index contributed by atoms with van der Waals surface area (Å²) in [6, 6.07) is 4.68. The lowest BCUT2D eigenvalue weighted by molar-refractivity contribution is 0.0162. The van der Waals surface area contributed by atoms with Gasteiger partial charge in [-0.25, -0.2) is 4.79 Å². The third-order valence-corrected chi connectivity index (χ3v) is 4.72. The Kier molecular flexibility index (Phi) is 6.75. The fourth-order valence-electron chi connectivity index (χ4n) is 2.99. The normalized spacial score (nSPS) is 18.6. The number of carbonyl (C=O) groups excluding carboxylic acids is 2. The number of Topliss-reactive ketones (excluding diaryl/α,β-unsaturated/α-hetero) is 1. The van der Waals surface area contributed by atoms with Crippen molar-refractivity contribution in [1.82, 2.24) is 4.90 Å². The summed E-state index contributed by atoms with van der Waals surface area (Å²) in [6.07, 6.45) is 3.59. The molecule has 0 saturated carbocycles. The molecule has 1 aromatic rings. The summed E-state index contributed by atoms with van der Waals surface area (Å²) in [6.45, 7) is 6.13. The van der Waals surface area contributed by atoms with E-state index in [4.69, 9.17) is 27.9 Å². The van der Waals surface area contributed by atoms with Gasteiger partial charge in [-0.15, -0.1) is 0 Å². The number of rotatable bonds is 3. The quantitative estimate of drug-likeness (QED) is 0.622. The van der Waals surface area contributed by atoms with Crippen molar-refractivity contribution in [2.45, 2.75) is 64.5 Å².